The van der Waals surface area contributed by atoms with Crippen molar-refractivity contribution in [3.8, 4) is 11.5 Å². The molecule has 0 fully saturated rings. The van der Waals surface area contributed by atoms with E-state index >= 15 is 0 Å². The number of carbonyl (C=O) groups is 2. The van der Waals surface area contributed by atoms with E-state index in [1.165, 1.54) is 12.4 Å². The Morgan fingerprint density at radius 2 is 1.11 bits per heavy atom. The fourth-order valence-electron chi connectivity index (χ4n) is 2.93. The van der Waals surface area contributed by atoms with Crippen molar-refractivity contribution in [1.29, 1.82) is 0 Å². The molecule has 0 saturated heterocycles. The van der Waals surface area contributed by atoms with Crippen LogP contribution in [-0.2, 0) is 9.59 Å². The van der Waals surface area contributed by atoms with Crippen molar-refractivity contribution in [2.75, 3.05) is 13.2 Å². The first-order valence-electron chi connectivity index (χ1n) is 10.8. The van der Waals surface area contributed by atoms with Crippen molar-refractivity contribution in [3.05, 3.63) is 93.0 Å². The lowest BCUT2D eigenvalue weighted by Crippen LogP contribution is -2.24. The Hall–Kier alpha value is -3.88. The first kappa shape index (κ1) is 26.7. The molecule has 186 valence electrons. The maximum atomic E-state index is 11.9. The Morgan fingerprint density at radius 1 is 0.722 bits per heavy atom. The van der Waals surface area contributed by atoms with Crippen LogP contribution in [0, 0.1) is 13.8 Å². The van der Waals surface area contributed by atoms with E-state index in [1.807, 2.05) is 13.8 Å². The van der Waals surface area contributed by atoms with Gasteiger partial charge in [-0.2, -0.15) is 10.2 Å². The van der Waals surface area contributed by atoms with Gasteiger partial charge in [-0.1, -0.05) is 47.5 Å². The van der Waals surface area contributed by atoms with E-state index in [-0.39, 0.29) is 13.2 Å². The second kappa shape index (κ2) is 13.3. The van der Waals surface area contributed by atoms with Crippen LogP contribution in [0.15, 0.2) is 70.9 Å². The fraction of sp³-hybridized carbons (Fsp3) is 0.154. The maximum Gasteiger partial charge on any atom is 0.277 e. The Morgan fingerprint density at radius 3 is 1.47 bits per heavy atom. The fourth-order valence-corrected chi connectivity index (χ4v) is 3.38. The van der Waals surface area contributed by atoms with Crippen molar-refractivity contribution in [2.24, 2.45) is 10.2 Å². The van der Waals surface area contributed by atoms with Crippen molar-refractivity contribution in [3.63, 3.8) is 0 Å². The van der Waals surface area contributed by atoms with Gasteiger partial charge in [0.1, 0.15) is 11.5 Å². The number of nitrogens with zero attached hydrogens (tertiary/aromatic N) is 2. The molecule has 10 heteroatoms. The van der Waals surface area contributed by atoms with Gasteiger partial charge < -0.3 is 9.47 Å². The summed E-state index contributed by atoms with van der Waals surface area (Å²) in [4.78, 5) is 23.9. The number of aryl methyl sites for hydroxylation is 2. The zero-order chi connectivity index (χ0) is 25.9. The molecule has 2 amide bonds. The van der Waals surface area contributed by atoms with E-state index in [4.69, 9.17) is 32.7 Å². The molecule has 0 aliphatic carbocycles. The average Bonchev–Trinajstić information content (AvgIpc) is 2.84. The van der Waals surface area contributed by atoms with Crippen LogP contribution in [0.2, 0.25) is 10.0 Å². The average molecular weight is 527 g/mol. The highest BCUT2D eigenvalue weighted by atomic mass is 35.5. The van der Waals surface area contributed by atoms with Crippen molar-refractivity contribution in [2.45, 2.75) is 13.8 Å². The molecule has 0 bridgehead atoms. The summed E-state index contributed by atoms with van der Waals surface area (Å²) in [5.74, 6) is 0.373. The Kier molecular flexibility index (Phi) is 9.85. The molecular weight excluding hydrogens is 503 g/mol. The lowest BCUT2D eigenvalue weighted by molar-refractivity contribution is -0.123. The minimum atomic E-state index is -0.393. The van der Waals surface area contributed by atoms with Crippen LogP contribution in [-0.4, -0.2) is 37.5 Å². The third-order valence-corrected chi connectivity index (χ3v) is 5.20. The molecule has 36 heavy (non-hydrogen) atoms. The molecule has 0 unspecified atom stereocenters. The predicted octanol–water partition coefficient (Wildman–Crippen LogP) is 4.67. The molecule has 0 atom stereocenters. The molecule has 0 spiro atoms. The van der Waals surface area contributed by atoms with E-state index < -0.39 is 11.8 Å². The summed E-state index contributed by atoms with van der Waals surface area (Å²) in [7, 11) is 0. The second-order valence-electron chi connectivity index (χ2n) is 7.65. The van der Waals surface area contributed by atoms with Crippen molar-refractivity contribution in [1.82, 2.24) is 10.9 Å². The van der Waals surface area contributed by atoms with Crippen molar-refractivity contribution < 1.29 is 19.1 Å². The van der Waals surface area contributed by atoms with Crippen LogP contribution in [0.1, 0.15) is 22.3 Å². The number of amides is 2. The topological polar surface area (TPSA) is 101 Å². The summed E-state index contributed by atoms with van der Waals surface area (Å²) in [5.41, 5.74) is 8.02. The minimum Gasteiger partial charge on any atom is -0.483 e. The second-order valence-corrected chi connectivity index (χ2v) is 8.52. The normalized spacial score (nSPS) is 11.0. The number of nitrogens with one attached hydrogen (secondary N) is 2. The lowest BCUT2D eigenvalue weighted by Gasteiger charge is -2.08. The molecule has 0 aliphatic heterocycles. The summed E-state index contributed by atoms with van der Waals surface area (Å²) in [5, 5.41) is 9.05. The number of benzene rings is 3. The van der Waals surface area contributed by atoms with E-state index in [1.54, 1.807) is 60.7 Å². The van der Waals surface area contributed by atoms with Gasteiger partial charge in [0.15, 0.2) is 13.2 Å². The van der Waals surface area contributed by atoms with Gasteiger partial charge >= 0.3 is 0 Å². The van der Waals surface area contributed by atoms with Gasteiger partial charge in [-0.05, 0) is 72.5 Å². The molecule has 0 saturated carbocycles. The lowest BCUT2D eigenvalue weighted by atomic mass is 10.2. The highest BCUT2D eigenvalue weighted by Crippen LogP contribution is 2.22. The van der Waals surface area contributed by atoms with Crippen LogP contribution >= 0.6 is 23.2 Å². The number of carbonyl (C=O) groups excluding carboxylic acids is 2. The maximum absolute atomic E-state index is 11.9. The smallest absolute Gasteiger partial charge is 0.277 e. The van der Waals surface area contributed by atoms with Gasteiger partial charge in [-0.15, -0.1) is 0 Å². The van der Waals surface area contributed by atoms with Crippen molar-refractivity contribution >= 4 is 47.4 Å². The molecule has 0 aromatic heterocycles. The molecular formula is C26H24Cl2N4O4. The van der Waals surface area contributed by atoms with Gasteiger partial charge in [-0.3, -0.25) is 9.59 Å². The highest BCUT2D eigenvalue weighted by molar-refractivity contribution is 6.31. The van der Waals surface area contributed by atoms with Gasteiger partial charge in [0.2, 0.25) is 0 Å². The first-order valence-corrected chi connectivity index (χ1v) is 11.6. The van der Waals surface area contributed by atoms with Crippen LogP contribution in [0.5, 0.6) is 11.5 Å². The number of ether oxygens (including phenoxy) is 2. The quantitative estimate of drug-likeness (QED) is 0.296. The third kappa shape index (κ3) is 8.72. The molecule has 0 heterocycles. The number of hydrogen-bond acceptors (Lipinski definition) is 6. The summed E-state index contributed by atoms with van der Waals surface area (Å²) < 4.78 is 10.9. The van der Waals surface area contributed by atoms with E-state index in [0.29, 0.717) is 21.5 Å². The first-order chi connectivity index (χ1) is 17.3. The van der Waals surface area contributed by atoms with E-state index in [9.17, 15) is 9.59 Å². The number of rotatable bonds is 10. The van der Waals surface area contributed by atoms with Gasteiger partial charge in [0.05, 0.1) is 12.4 Å². The number of halogens is 2. The van der Waals surface area contributed by atoms with Crippen LogP contribution in [0.3, 0.4) is 0 Å². The molecule has 8 nitrogen and oxygen atoms in total. The molecule has 3 aromatic carbocycles. The summed E-state index contributed by atoms with van der Waals surface area (Å²) >= 11 is 11.8. The zero-order valence-corrected chi connectivity index (χ0v) is 21.1. The largest absolute Gasteiger partial charge is 0.483 e. The monoisotopic (exact) mass is 526 g/mol. The Labute approximate surface area is 218 Å². The minimum absolute atomic E-state index is 0.175. The Balaban J connectivity index is 1.39. The molecule has 2 N–H and O–H groups in total. The van der Waals surface area contributed by atoms with Gasteiger partial charge in [-0.25, -0.2) is 10.9 Å². The standard InChI is InChI=1S/C26H24Cl2N4O4/c1-17-11-21(27)7-9-23(17)35-15-25(33)31-29-13-19-3-5-20(6-4-19)14-30-32-26(34)16-36-24-10-8-22(28)12-18(24)2/h3-14H,15-16H2,1-2H3,(H,31,33)(H,32,34)/b29-13+,30-14+. The summed E-state index contributed by atoms with van der Waals surface area (Å²) in [6.07, 6.45) is 3.01. The van der Waals surface area contributed by atoms with Crippen LogP contribution in [0.4, 0.5) is 0 Å². The van der Waals surface area contributed by atoms with E-state index in [2.05, 4.69) is 21.1 Å². The SMILES string of the molecule is Cc1cc(Cl)ccc1OCC(=O)N/N=C/c1ccc(/C=N/NC(=O)COc2ccc(Cl)cc2C)cc1. The Bertz CT molecular complexity index is 1180. The highest BCUT2D eigenvalue weighted by Gasteiger charge is 2.06. The van der Waals surface area contributed by atoms with Crippen LogP contribution < -0.4 is 20.3 Å². The van der Waals surface area contributed by atoms with Gasteiger partial charge in [0, 0.05) is 10.0 Å². The zero-order valence-electron chi connectivity index (χ0n) is 19.6. The summed E-state index contributed by atoms with van der Waals surface area (Å²) in [6.45, 7) is 3.34. The summed E-state index contributed by atoms with van der Waals surface area (Å²) in [6, 6.07) is 17.5. The van der Waals surface area contributed by atoms with E-state index in [0.717, 1.165) is 22.3 Å². The predicted molar refractivity (Wildman–Crippen MR) is 141 cm³/mol. The van der Waals surface area contributed by atoms with Crippen LogP contribution in [0.25, 0.3) is 0 Å². The molecule has 3 aromatic rings. The number of hydrazone groups is 2. The number of hydrogen-bond donors (Lipinski definition) is 2. The van der Waals surface area contributed by atoms with Gasteiger partial charge in [0.25, 0.3) is 11.8 Å². The molecule has 0 aliphatic rings. The third-order valence-electron chi connectivity index (χ3n) is 4.73. The molecule has 3 rings (SSSR count). The molecule has 0 radical (unpaired) electrons.